The van der Waals surface area contributed by atoms with Crippen LogP contribution in [0.3, 0.4) is 0 Å². The molecule has 0 amide bonds. The van der Waals surface area contributed by atoms with Gasteiger partial charge in [0.2, 0.25) is 16.9 Å². The summed E-state index contributed by atoms with van der Waals surface area (Å²) in [6.07, 6.45) is -4.06. The molecule has 2 aliphatic rings. The molecule has 2 aliphatic heterocycles. The van der Waals surface area contributed by atoms with E-state index in [1.54, 1.807) is 31.2 Å². The third-order valence-corrected chi connectivity index (χ3v) is 8.49. The summed E-state index contributed by atoms with van der Waals surface area (Å²) in [7, 11) is -4.61. The fraction of sp³-hybridized carbons (Fsp3) is 0.500. The number of aliphatic hydroxyl groups excluding tert-OH is 2. The Kier molecular flexibility index (Phi) is 7.45. The van der Waals surface area contributed by atoms with Gasteiger partial charge in [0.1, 0.15) is 6.10 Å². The Bertz CT molecular complexity index is 1290. The summed E-state index contributed by atoms with van der Waals surface area (Å²) in [4.78, 5) is 18.7. The van der Waals surface area contributed by atoms with Gasteiger partial charge in [-0.05, 0) is 30.2 Å². The molecule has 16 heteroatoms. The SMILES string of the molecule is CCOc1ccn(C(O)[C@@]2(N=[N+]=[N-])OC[C@@](O)(P3(=O)OCCC(c4cccc(Cl)c4)O3)[C@@H]2O)c(=O)n1. The van der Waals surface area contributed by atoms with Crippen LogP contribution in [-0.4, -0.2) is 61.9 Å². The lowest BCUT2D eigenvalue weighted by Crippen LogP contribution is -2.55. The minimum Gasteiger partial charge on any atom is -0.478 e. The molecular weight excluding hydrogens is 521 g/mol. The van der Waals surface area contributed by atoms with E-state index < -0.39 is 49.4 Å². The van der Waals surface area contributed by atoms with E-state index in [0.717, 1.165) is 6.20 Å². The van der Waals surface area contributed by atoms with E-state index in [1.807, 2.05) is 0 Å². The van der Waals surface area contributed by atoms with Crippen molar-refractivity contribution in [2.24, 2.45) is 5.11 Å². The second kappa shape index (κ2) is 10.1. The predicted molar refractivity (Wildman–Crippen MR) is 123 cm³/mol. The standard InChI is InChI=1S/C20H23ClN5O9P/c1-2-32-15-6-8-26(18(29)23-15)17(28)20(24-25-22)16(27)19(30,11-33-20)36(31)34-9-7-14(35-36)12-4-3-5-13(21)10-12/h3-6,8,10,14,16-17,27-28,30H,2,7,9,11H2,1H3/t14?,16-,17?,19+,20-,36?/m0/s1. The number of benzene rings is 1. The monoisotopic (exact) mass is 543 g/mol. The van der Waals surface area contributed by atoms with Gasteiger partial charge in [-0.3, -0.25) is 13.7 Å². The summed E-state index contributed by atoms with van der Waals surface area (Å²) in [5, 5.41) is 34.5. The molecule has 4 rings (SSSR count). The maximum absolute atomic E-state index is 13.8. The third kappa shape index (κ3) is 4.41. The Morgan fingerprint density at radius 2 is 2.25 bits per heavy atom. The number of nitrogens with zero attached hydrogens (tertiary/aromatic N) is 5. The first kappa shape index (κ1) is 26.6. The van der Waals surface area contributed by atoms with E-state index in [4.69, 9.17) is 35.7 Å². The lowest BCUT2D eigenvalue weighted by Gasteiger charge is -2.40. The van der Waals surface area contributed by atoms with E-state index in [0.29, 0.717) is 15.2 Å². The van der Waals surface area contributed by atoms with Crippen LogP contribution in [0, 0.1) is 0 Å². The van der Waals surface area contributed by atoms with Crippen molar-refractivity contribution in [3.8, 4) is 5.88 Å². The lowest BCUT2D eigenvalue weighted by atomic mass is 10.0. The van der Waals surface area contributed by atoms with Crippen LogP contribution in [-0.2, 0) is 18.3 Å². The second-order valence-corrected chi connectivity index (χ2v) is 10.7. The molecule has 0 radical (unpaired) electrons. The van der Waals surface area contributed by atoms with Crippen molar-refractivity contribution in [3.05, 3.63) is 68.0 Å². The van der Waals surface area contributed by atoms with E-state index >= 15 is 0 Å². The molecule has 14 nitrogen and oxygen atoms in total. The van der Waals surface area contributed by atoms with Gasteiger partial charge in [-0.1, -0.05) is 28.8 Å². The van der Waals surface area contributed by atoms with Crippen LogP contribution in [0.4, 0.5) is 0 Å². The minimum absolute atomic E-state index is 0.0336. The van der Waals surface area contributed by atoms with Crippen molar-refractivity contribution < 1.29 is 38.4 Å². The highest BCUT2D eigenvalue weighted by atomic mass is 35.5. The minimum atomic E-state index is -4.61. The van der Waals surface area contributed by atoms with Gasteiger partial charge < -0.3 is 29.3 Å². The van der Waals surface area contributed by atoms with Gasteiger partial charge in [-0.15, -0.1) is 0 Å². The van der Waals surface area contributed by atoms with Crippen molar-refractivity contribution in [2.45, 2.75) is 42.8 Å². The van der Waals surface area contributed by atoms with Gasteiger partial charge in [0.05, 0.1) is 25.9 Å². The fourth-order valence-corrected chi connectivity index (χ4v) is 6.32. The number of aromatic nitrogens is 2. The number of rotatable bonds is 7. The molecule has 3 N–H and O–H groups in total. The zero-order valence-electron chi connectivity index (χ0n) is 18.9. The van der Waals surface area contributed by atoms with Crippen molar-refractivity contribution in [1.82, 2.24) is 9.55 Å². The molecule has 3 unspecified atom stereocenters. The molecule has 2 fully saturated rings. The Morgan fingerprint density at radius 3 is 2.92 bits per heavy atom. The molecule has 0 aliphatic carbocycles. The Morgan fingerprint density at radius 1 is 1.47 bits per heavy atom. The van der Waals surface area contributed by atoms with Gasteiger partial charge in [0, 0.05) is 28.6 Å². The first-order valence-electron chi connectivity index (χ1n) is 10.8. The third-order valence-electron chi connectivity index (χ3n) is 5.88. The molecule has 2 aromatic rings. The second-order valence-electron chi connectivity index (χ2n) is 8.04. The Balaban J connectivity index is 1.69. The highest BCUT2D eigenvalue weighted by Gasteiger charge is 2.71. The first-order chi connectivity index (χ1) is 17.1. The summed E-state index contributed by atoms with van der Waals surface area (Å²) in [5.74, 6) is -0.0336. The van der Waals surface area contributed by atoms with Crippen LogP contribution in [0.25, 0.3) is 10.4 Å². The number of hydrogen-bond acceptors (Lipinski definition) is 11. The van der Waals surface area contributed by atoms with Crippen molar-refractivity contribution in [1.29, 1.82) is 0 Å². The molecule has 1 aromatic carbocycles. The largest absolute Gasteiger partial charge is 0.478 e. The molecule has 194 valence electrons. The summed E-state index contributed by atoms with van der Waals surface area (Å²) in [5.41, 5.74) is 5.97. The molecular formula is C20H23ClN5O9P. The van der Waals surface area contributed by atoms with Crippen LogP contribution >= 0.6 is 19.2 Å². The topological polar surface area (TPSA) is 198 Å². The summed E-state index contributed by atoms with van der Waals surface area (Å²) < 4.78 is 35.9. The quantitative estimate of drug-likeness (QED) is 0.201. The Labute approximate surface area is 209 Å². The average molecular weight is 544 g/mol. The molecule has 0 bridgehead atoms. The summed E-state index contributed by atoms with van der Waals surface area (Å²) >= 11 is 6.04. The van der Waals surface area contributed by atoms with Gasteiger partial charge >= 0.3 is 13.3 Å². The molecule has 36 heavy (non-hydrogen) atoms. The molecule has 6 atom stereocenters. The average Bonchev–Trinajstić information content (AvgIpc) is 3.12. The maximum Gasteiger partial charge on any atom is 0.367 e. The number of hydrogen-bond donors (Lipinski definition) is 3. The van der Waals surface area contributed by atoms with Crippen LogP contribution in [0.15, 0.2) is 46.4 Å². The highest BCUT2D eigenvalue weighted by Crippen LogP contribution is 2.68. The number of ether oxygens (including phenoxy) is 2. The van der Waals surface area contributed by atoms with Gasteiger partial charge in [-0.25, -0.2) is 4.79 Å². The van der Waals surface area contributed by atoms with E-state index in [-0.39, 0.29) is 25.5 Å². The van der Waals surface area contributed by atoms with Crippen molar-refractivity contribution >= 4 is 19.2 Å². The van der Waals surface area contributed by atoms with E-state index in [1.165, 1.54) is 6.07 Å². The predicted octanol–water partition coefficient (Wildman–Crippen LogP) is 2.24. The van der Waals surface area contributed by atoms with Gasteiger partial charge in [0.15, 0.2) is 6.23 Å². The zero-order chi connectivity index (χ0) is 26.1. The first-order valence-corrected chi connectivity index (χ1v) is 12.7. The summed E-state index contributed by atoms with van der Waals surface area (Å²) in [6, 6.07) is 7.81. The summed E-state index contributed by atoms with van der Waals surface area (Å²) in [6.45, 7) is 0.851. The zero-order valence-corrected chi connectivity index (χ0v) is 20.5. The molecule has 2 saturated heterocycles. The highest BCUT2D eigenvalue weighted by molar-refractivity contribution is 7.55. The van der Waals surface area contributed by atoms with E-state index in [2.05, 4.69) is 15.0 Å². The fourth-order valence-electron chi connectivity index (χ4n) is 4.04. The van der Waals surface area contributed by atoms with Crippen LogP contribution in [0.5, 0.6) is 5.88 Å². The molecule has 3 heterocycles. The number of halogens is 1. The number of aliphatic hydroxyl groups is 3. The van der Waals surface area contributed by atoms with E-state index in [9.17, 15) is 24.7 Å². The molecule has 0 spiro atoms. The van der Waals surface area contributed by atoms with Crippen LogP contribution < -0.4 is 10.4 Å². The maximum atomic E-state index is 13.8. The van der Waals surface area contributed by atoms with Crippen molar-refractivity contribution in [3.63, 3.8) is 0 Å². The smallest absolute Gasteiger partial charge is 0.367 e. The van der Waals surface area contributed by atoms with Gasteiger partial charge in [-0.2, -0.15) is 4.98 Å². The molecule has 1 aromatic heterocycles. The number of azide groups is 1. The Hall–Kier alpha value is -2.51. The van der Waals surface area contributed by atoms with Crippen molar-refractivity contribution in [2.75, 3.05) is 19.8 Å². The molecule has 0 saturated carbocycles. The lowest BCUT2D eigenvalue weighted by molar-refractivity contribution is -0.165. The normalized spacial score (nSPS) is 33.0. The van der Waals surface area contributed by atoms with Gasteiger partial charge in [0.25, 0.3) is 0 Å². The van der Waals surface area contributed by atoms with Crippen LogP contribution in [0.1, 0.15) is 31.2 Å². The van der Waals surface area contributed by atoms with Crippen LogP contribution in [0.2, 0.25) is 5.02 Å².